The van der Waals surface area contributed by atoms with Gasteiger partial charge in [-0.2, -0.15) is 0 Å². The number of carbonyl (C=O) groups excluding carboxylic acids is 1. The third kappa shape index (κ3) is 567. The highest BCUT2D eigenvalue weighted by atomic mass is 16.2. The van der Waals surface area contributed by atoms with Gasteiger partial charge in [0.15, 0.2) is 0 Å². The maximum atomic E-state index is 8.00. The van der Waals surface area contributed by atoms with Crippen molar-refractivity contribution in [1.82, 2.24) is 0 Å². The van der Waals surface area contributed by atoms with Crippen LogP contribution in [0.1, 0.15) is 11.7 Å². The molecule has 4 heteroatoms. The Hall–Kier alpha value is -0.450. The van der Waals surface area contributed by atoms with Crippen LogP contribution in [-0.2, 0) is 4.79 Å². The van der Waals surface area contributed by atoms with Gasteiger partial charge < -0.3 is 20.5 Å². The number of rotatable bonds is 0. The van der Waals surface area contributed by atoms with Gasteiger partial charge >= 0.3 is 0 Å². The largest absolute Gasteiger partial charge is 0.412 e. The van der Waals surface area contributed by atoms with Crippen LogP contribution in [0.3, 0.4) is 0 Å². The van der Waals surface area contributed by atoms with Gasteiger partial charge in [0.05, 0.1) is 0 Å². The molecule has 0 aliphatic heterocycles. The minimum absolute atomic E-state index is 0. The highest BCUT2D eigenvalue weighted by molar-refractivity contribution is 5.10. The molecule has 0 fully saturated rings. The summed E-state index contributed by atoms with van der Waals surface area (Å²) in [5.74, 6) is 0. The van der Waals surface area contributed by atoms with Crippen molar-refractivity contribution in [2.45, 2.75) is 7.43 Å². The molecule has 0 aliphatic rings. The monoisotopic (exact) mass is 134 g/mol. The number of aliphatic hydroxyl groups is 2. The predicted molar refractivity (Wildman–Crippen MR) is 40.1 cm³/mol. The molecule has 0 amide bonds. The van der Waals surface area contributed by atoms with Crippen molar-refractivity contribution in [3.05, 3.63) is 0 Å². The van der Waals surface area contributed by atoms with Gasteiger partial charge in [-0.3, -0.25) is 0 Å². The first kappa shape index (κ1) is 49.8. The molecule has 0 bridgehead atoms. The summed E-state index contributed by atoms with van der Waals surface area (Å²) in [5, 5.41) is 14.0. The minimum atomic E-state index is 0. The average molecular weight is 134 g/mol. The van der Waals surface area contributed by atoms with Crippen LogP contribution in [0.4, 0.5) is 0 Å². The van der Waals surface area contributed by atoms with Gasteiger partial charge in [-0.1, -0.05) is 7.43 Å². The van der Waals surface area contributed by atoms with E-state index in [1.165, 1.54) is 0 Å². The van der Waals surface area contributed by atoms with E-state index < -0.39 is 0 Å². The fourth-order valence-electron chi connectivity index (χ4n) is 0. The van der Waals surface area contributed by atoms with Crippen LogP contribution in [0.2, 0.25) is 0 Å². The highest BCUT2D eigenvalue weighted by Crippen LogP contribution is 0.757. The van der Waals surface area contributed by atoms with E-state index >= 15 is 0 Å². The van der Waals surface area contributed by atoms with Crippen LogP contribution >= 0.6 is 0 Å². The Morgan fingerprint density at radius 1 is 1.12 bits per heavy atom. The van der Waals surface area contributed by atoms with Crippen LogP contribution in [0.25, 0.3) is 0 Å². The lowest BCUT2D eigenvalue weighted by Crippen LogP contribution is -1.25. The summed E-state index contributed by atoms with van der Waals surface area (Å²) < 4.78 is 0. The van der Waals surface area contributed by atoms with Crippen LogP contribution in [0, 0.1) is 0 Å². The Kier molecular flexibility index (Phi) is 6200. The lowest BCUT2D eigenvalue weighted by Gasteiger charge is -1.21. The quantitative estimate of drug-likeness (QED) is 0.471. The third-order valence-corrected chi connectivity index (χ3v) is 0. The Labute approximate surface area is 54.5 Å². The van der Waals surface area contributed by atoms with Gasteiger partial charge in [-0.25, -0.2) is 0 Å². The van der Waals surface area contributed by atoms with E-state index in [0.29, 0.717) is 0 Å². The van der Waals surface area contributed by atoms with Crippen LogP contribution in [0.5, 0.6) is 0 Å². The molecule has 4 nitrogen and oxygen atoms in total. The molecule has 0 spiro atoms. The fraction of sp³-hybridized carbons (Fsp3) is 0.750. The lowest BCUT2D eigenvalue weighted by molar-refractivity contribution is -0.0979. The first-order valence-corrected chi connectivity index (χ1v) is 1.18. The zero-order valence-corrected chi connectivity index (χ0v) is 4.51. The summed E-state index contributed by atoms with van der Waals surface area (Å²) in [6.45, 7) is 2.00. The van der Waals surface area contributed by atoms with E-state index in [9.17, 15) is 0 Å². The maximum absolute atomic E-state index is 8.00. The molecule has 8 heavy (non-hydrogen) atoms. The molecule has 0 radical (unpaired) electrons. The second-order valence-electron chi connectivity index (χ2n) is 0. The minimum Gasteiger partial charge on any atom is -0.412 e. The van der Waals surface area contributed by atoms with E-state index in [4.69, 9.17) is 15.0 Å². The molecular formula is C4H22O4. The van der Waals surface area contributed by atoms with Gasteiger partial charge in [-0.05, 0) is 0 Å². The summed E-state index contributed by atoms with van der Waals surface area (Å²) in [7, 11) is 2.00. The Balaban J connectivity index is -0.00000000167. The second kappa shape index (κ2) is 996. The summed E-state index contributed by atoms with van der Waals surface area (Å²) in [6, 6.07) is 0. The first-order valence-electron chi connectivity index (χ1n) is 1.18. The molecule has 0 saturated heterocycles. The summed E-state index contributed by atoms with van der Waals surface area (Å²) in [6.07, 6.45) is 0. The Morgan fingerprint density at radius 2 is 1.12 bits per heavy atom. The second-order valence-corrected chi connectivity index (χ2v) is 0. The van der Waals surface area contributed by atoms with Gasteiger partial charge in [0, 0.05) is 18.5 Å². The summed E-state index contributed by atoms with van der Waals surface area (Å²) in [5.41, 5.74) is 0. The zero-order valence-electron chi connectivity index (χ0n) is 4.51. The van der Waals surface area contributed by atoms with Crippen molar-refractivity contribution >= 4 is 6.79 Å². The molecule has 0 rings (SSSR count). The predicted octanol–water partition coefficient (Wildman–Crippen LogP) is -0.419. The van der Waals surface area contributed by atoms with Gasteiger partial charge in [0.25, 0.3) is 0 Å². The van der Waals surface area contributed by atoms with Crippen LogP contribution < -0.4 is 0 Å². The molecule has 0 unspecified atom stereocenters. The van der Waals surface area contributed by atoms with Crippen molar-refractivity contribution in [2.75, 3.05) is 14.2 Å². The average Bonchev–Trinajstić information content (AvgIpc) is 1.81. The molecule has 0 saturated carbocycles. The molecule has 4 N–H and O–H groups in total. The Morgan fingerprint density at radius 3 is 1.12 bits per heavy atom. The van der Waals surface area contributed by atoms with Crippen molar-refractivity contribution in [3.8, 4) is 0 Å². The van der Waals surface area contributed by atoms with Crippen molar-refractivity contribution in [3.63, 3.8) is 0 Å². The molecule has 0 aliphatic carbocycles. The molecule has 0 aromatic rings. The van der Waals surface area contributed by atoms with Crippen LogP contribution in [0.15, 0.2) is 0 Å². The zero-order chi connectivity index (χ0) is 6.00. The standard InChI is InChI=1S/2CH4O.CH2O.CH4.H2O.3H2/c3*1-2;;;;;/h2*2H,1H3;1H2;1H4;1H2;3*1H. The number of hydrogen-bond donors (Lipinski definition) is 2. The first-order chi connectivity index (χ1) is 3.00. The molecule has 0 atom stereocenters. The van der Waals surface area contributed by atoms with Gasteiger partial charge in [-0.15, -0.1) is 0 Å². The van der Waals surface area contributed by atoms with Crippen LogP contribution in [-0.4, -0.2) is 36.7 Å². The molecule has 0 aromatic heterocycles. The fourth-order valence-corrected chi connectivity index (χ4v) is 0. The smallest absolute Gasteiger partial charge is 0.106 e. The van der Waals surface area contributed by atoms with Crippen molar-refractivity contribution in [1.29, 1.82) is 0 Å². The van der Waals surface area contributed by atoms with E-state index in [1.807, 2.05) is 6.79 Å². The van der Waals surface area contributed by atoms with Crippen molar-refractivity contribution < 1.29 is 24.8 Å². The topological polar surface area (TPSA) is 89.0 Å². The normalized spacial score (nSPS) is 2.00. The SMILES string of the molecule is C.C=O.CO.CO.O.[HH].[HH].[HH]. The highest BCUT2D eigenvalue weighted by Gasteiger charge is 0.841. The number of carbonyl (C=O) groups is 1. The molecule has 0 heterocycles. The summed E-state index contributed by atoms with van der Waals surface area (Å²) in [4.78, 5) is 8.00. The van der Waals surface area contributed by atoms with Gasteiger partial charge in [0.2, 0.25) is 0 Å². The Bertz CT molecular complexity index is 17.3. The maximum Gasteiger partial charge on any atom is 0.106 e. The van der Waals surface area contributed by atoms with Gasteiger partial charge in [0.1, 0.15) is 6.79 Å². The van der Waals surface area contributed by atoms with E-state index in [0.717, 1.165) is 14.2 Å². The number of aliphatic hydroxyl groups excluding tert-OH is 2. The van der Waals surface area contributed by atoms with Crippen molar-refractivity contribution in [2.24, 2.45) is 0 Å². The van der Waals surface area contributed by atoms with E-state index in [-0.39, 0.29) is 17.2 Å². The third-order valence-electron chi connectivity index (χ3n) is 0. The molecule has 62 valence electrons. The van der Waals surface area contributed by atoms with E-state index in [2.05, 4.69) is 0 Å². The summed E-state index contributed by atoms with van der Waals surface area (Å²) >= 11 is 0. The van der Waals surface area contributed by atoms with E-state index in [1.54, 1.807) is 0 Å². The number of hydrogen-bond acceptors (Lipinski definition) is 3. The lowest BCUT2D eigenvalue weighted by atomic mass is 11.8. The molecular weight excluding hydrogens is 112 g/mol. The molecule has 0 aromatic carbocycles.